The third-order valence-corrected chi connectivity index (χ3v) is 3.65. The second-order valence-electron chi connectivity index (χ2n) is 5.32. The smallest absolute Gasteiger partial charge is 0.308 e. The molecular formula is C12H18N2O4. The van der Waals surface area contributed by atoms with Gasteiger partial charge in [0, 0.05) is 26.1 Å². The van der Waals surface area contributed by atoms with Gasteiger partial charge in [-0.3, -0.25) is 14.4 Å². The number of hydrogen-bond acceptors (Lipinski definition) is 3. The fourth-order valence-corrected chi connectivity index (χ4v) is 2.75. The first kappa shape index (κ1) is 12.9. The maximum atomic E-state index is 12.2. The Morgan fingerprint density at radius 2 is 2.06 bits per heavy atom. The summed E-state index contributed by atoms with van der Waals surface area (Å²) in [5.74, 6) is -1.66. The van der Waals surface area contributed by atoms with E-state index in [-0.39, 0.29) is 36.6 Å². The number of amides is 2. The molecule has 0 aromatic heterocycles. The van der Waals surface area contributed by atoms with Gasteiger partial charge in [0.1, 0.15) is 0 Å². The van der Waals surface area contributed by atoms with Crippen LogP contribution in [0.15, 0.2) is 0 Å². The molecule has 100 valence electrons. The molecule has 2 amide bonds. The van der Waals surface area contributed by atoms with E-state index in [0.717, 1.165) is 0 Å². The predicted octanol–water partition coefficient (Wildman–Crippen LogP) is -0.308. The molecular weight excluding hydrogens is 236 g/mol. The molecule has 2 aliphatic rings. The van der Waals surface area contributed by atoms with Crippen LogP contribution >= 0.6 is 0 Å². The van der Waals surface area contributed by atoms with E-state index in [9.17, 15) is 14.4 Å². The number of carboxylic acids is 1. The summed E-state index contributed by atoms with van der Waals surface area (Å²) in [4.78, 5) is 35.9. The van der Waals surface area contributed by atoms with Crippen LogP contribution in [-0.4, -0.2) is 47.4 Å². The average Bonchev–Trinajstić information content (AvgIpc) is 2.74. The predicted molar refractivity (Wildman–Crippen MR) is 62.6 cm³/mol. The molecule has 3 atom stereocenters. The van der Waals surface area contributed by atoms with E-state index in [2.05, 4.69) is 5.32 Å². The SMILES string of the molecule is CC1CC(C(=O)O)CN(C(=O)C2CNC(=O)C2)C1. The molecule has 2 rings (SSSR count). The molecule has 0 saturated carbocycles. The Kier molecular flexibility index (Phi) is 3.54. The second kappa shape index (κ2) is 4.96. The van der Waals surface area contributed by atoms with E-state index < -0.39 is 11.9 Å². The Hall–Kier alpha value is -1.59. The van der Waals surface area contributed by atoms with E-state index in [4.69, 9.17) is 5.11 Å². The van der Waals surface area contributed by atoms with Crippen molar-refractivity contribution in [3.63, 3.8) is 0 Å². The van der Waals surface area contributed by atoms with E-state index >= 15 is 0 Å². The molecule has 0 aromatic carbocycles. The standard InChI is InChI=1S/C12H18N2O4/c1-7-2-9(12(17)18)6-14(5-7)11(16)8-3-10(15)13-4-8/h7-9H,2-6H2,1H3,(H,13,15)(H,17,18). The molecule has 18 heavy (non-hydrogen) atoms. The quantitative estimate of drug-likeness (QED) is 0.708. The number of carbonyl (C=O) groups excluding carboxylic acids is 2. The molecule has 0 aliphatic carbocycles. The van der Waals surface area contributed by atoms with Crippen molar-refractivity contribution in [2.75, 3.05) is 19.6 Å². The minimum Gasteiger partial charge on any atom is -0.481 e. The molecule has 0 bridgehead atoms. The molecule has 3 unspecified atom stereocenters. The number of rotatable bonds is 2. The average molecular weight is 254 g/mol. The highest BCUT2D eigenvalue weighted by atomic mass is 16.4. The molecule has 2 N–H and O–H groups in total. The van der Waals surface area contributed by atoms with Crippen molar-refractivity contribution in [2.45, 2.75) is 19.8 Å². The summed E-state index contributed by atoms with van der Waals surface area (Å²) in [6.45, 7) is 3.18. The number of likely N-dealkylation sites (tertiary alicyclic amines) is 1. The summed E-state index contributed by atoms with van der Waals surface area (Å²) in [5.41, 5.74) is 0. The first-order valence-corrected chi connectivity index (χ1v) is 6.25. The Labute approximate surface area is 105 Å². The van der Waals surface area contributed by atoms with Gasteiger partial charge in [0.2, 0.25) is 11.8 Å². The van der Waals surface area contributed by atoms with Crippen molar-refractivity contribution in [2.24, 2.45) is 17.8 Å². The number of nitrogens with zero attached hydrogens (tertiary/aromatic N) is 1. The summed E-state index contributed by atoms with van der Waals surface area (Å²) < 4.78 is 0. The molecule has 6 heteroatoms. The largest absolute Gasteiger partial charge is 0.481 e. The molecule has 2 aliphatic heterocycles. The topological polar surface area (TPSA) is 86.7 Å². The van der Waals surface area contributed by atoms with E-state index in [0.29, 0.717) is 19.5 Å². The number of aliphatic carboxylic acids is 1. The minimum absolute atomic E-state index is 0.0915. The first-order valence-electron chi connectivity index (χ1n) is 6.25. The lowest BCUT2D eigenvalue weighted by molar-refractivity contribution is -0.148. The summed E-state index contributed by atoms with van der Waals surface area (Å²) in [6.07, 6.45) is 0.836. The fraction of sp³-hybridized carbons (Fsp3) is 0.750. The van der Waals surface area contributed by atoms with E-state index in [1.807, 2.05) is 6.92 Å². The van der Waals surface area contributed by atoms with Gasteiger partial charge in [-0.2, -0.15) is 0 Å². The molecule has 0 aromatic rings. The van der Waals surface area contributed by atoms with Crippen molar-refractivity contribution in [1.82, 2.24) is 10.2 Å². The number of nitrogens with one attached hydrogen (secondary N) is 1. The fourth-order valence-electron chi connectivity index (χ4n) is 2.75. The van der Waals surface area contributed by atoms with Crippen molar-refractivity contribution >= 4 is 17.8 Å². The highest BCUT2D eigenvalue weighted by Gasteiger charge is 2.36. The van der Waals surface area contributed by atoms with Crippen molar-refractivity contribution in [3.8, 4) is 0 Å². The number of carboxylic acid groups (broad SMARTS) is 1. The summed E-state index contributed by atoms with van der Waals surface area (Å²) in [6, 6.07) is 0. The van der Waals surface area contributed by atoms with E-state index in [1.54, 1.807) is 4.90 Å². The zero-order chi connectivity index (χ0) is 13.3. The van der Waals surface area contributed by atoms with Gasteiger partial charge in [0.05, 0.1) is 11.8 Å². The Morgan fingerprint density at radius 1 is 1.33 bits per heavy atom. The van der Waals surface area contributed by atoms with Gasteiger partial charge < -0.3 is 15.3 Å². The zero-order valence-corrected chi connectivity index (χ0v) is 10.4. The van der Waals surface area contributed by atoms with Crippen LogP contribution in [0.25, 0.3) is 0 Å². The molecule has 2 saturated heterocycles. The van der Waals surface area contributed by atoms with Crippen LogP contribution in [0.3, 0.4) is 0 Å². The van der Waals surface area contributed by atoms with Gasteiger partial charge >= 0.3 is 5.97 Å². The van der Waals surface area contributed by atoms with Crippen LogP contribution in [0.4, 0.5) is 0 Å². The maximum Gasteiger partial charge on any atom is 0.308 e. The molecule has 6 nitrogen and oxygen atoms in total. The van der Waals surface area contributed by atoms with E-state index in [1.165, 1.54) is 0 Å². The molecule has 0 radical (unpaired) electrons. The number of carbonyl (C=O) groups is 3. The van der Waals surface area contributed by atoms with Crippen LogP contribution < -0.4 is 5.32 Å². The van der Waals surface area contributed by atoms with Gasteiger partial charge in [-0.15, -0.1) is 0 Å². The van der Waals surface area contributed by atoms with Crippen molar-refractivity contribution in [1.29, 1.82) is 0 Å². The molecule has 0 spiro atoms. The molecule has 2 heterocycles. The van der Waals surface area contributed by atoms with Gasteiger partial charge in [0.15, 0.2) is 0 Å². The lowest BCUT2D eigenvalue weighted by Crippen LogP contribution is -2.48. The lowest BCUT2D eigenvalue weighted by Gasteiger charge is -2.35. The third-order valence-electron chi connectivity index (χ3n) is 3.65. The van der Waals surface area contributed by atoms with Crippen LogP contribution in [0.1, 0.15) is 19.8 Å². The number of piperidine rings is 1. The highest BCUT2D eigenvalue weighted by molar-refractivity contribution is 5.89. The number of hydrogen-bond donors (Lipinski definition) is 2. The van der Waals surface area contributed by atoms with Crippen LogP contribution in [0.2, 0.25) is 0 Å². The normalized spacial score (nSPS) is 32.2. The second-order valence-corrected chi connectivity index (χ2v) is 5.32. The third kappa shape index (κ3) is 2.63. The highest BCUT2D eigenvalue weighted by Crippen LogP contribution is 2.24. The Balaban J connectivity index is 2.01. The zero-order valence-electron chi connectivity index (χ0n) is 10.4. The Morgan fingerprint density at radius 3 is 2.61 bits per heavy atom. The molecule has 2 fully saturated rings. The van der Waals surface area contributed by atoms with Crippen molar-refractivity contribution in [3.05, 3.63) is 0 Å². The lowest BCUT2D eigenvalue weighted by atomic mass is 9.89. The maximum absolute atomic E-state index is 12.2. The van der Waals surface area contributed by atoms with Crippen LogP contribution in [0, 0.1) is 17.8 Å². The van der Waals surface area contributed by atoms with Gasteiger partial charge in [-0.05, 0) is 12.3 Å². The van der Waals surface area contributed by atoms with Crippen LogP contribution in [0.5, 0.6) is 0 Å². The van der Waals surface area contributed by atoms with Gasteiger partial charge in [0.25, 0.3) is 0 Å². The Bertz CT molecular complexity index is 382. The summed E-state index contributed by atoms with van der Waals surface area (Å²) in [5, 5.41) is 11.7. The first-order chi connectivity index (χ1) is 8.47. The summed E-state index contributed by atoms with van der Waals surface area (Å²) >= 11 is 0. The van der Waals surface area contributed by atoms with Crippen molar-refractivity contribution < 1.29 is 19.5 Å². The van der Waals surface area contributed by atoms with Crippen LogP contribution in [-0.2, 0) is 14.4 Å². The summed E-state index contributed by atoms with van der Waals surface area (Å²) in [7, 11) is 0. The van der Waals surface area contributed by atoms with Gasteiger partial charge in [-0.1, -0.05) is 6.92 Å². The monoisotopic (exact) mass is 254 g/mol. The van der Waals surface area contributed by atoms with Gasteiger partial charge in [-0.25, -0.2) is 0 Å². The minimum atomic E-state index is -0.847.